The molecule has 0 saturated heterocycles. The molecule has 0 unspecified atom stereocenters. The standard InChI is InChI=1S/C51H29N3O3/c1-2-12-30(13-3-1)49-52-50(32-24-26-38-36-16-5-4-14-34(36)35-15-6-7-17-37(35)42(38)28-32)54-51(53-49)41-21-11-20-40-39-19-10-18-33(47(39)57-48(40)41)31-25-27-45-46(29-31)56-44-23-9-8-22-43(44)55-45/h1-29H. The van der Waals surface area contributed by atoms with Gasteiger partial charge in [-0.1, -0.05) is 140 Å². The minimum absolute atomic E-state index is 0.534. The maximum atomic E-state index is 6.89. The Morgan fingerprint density at radius 3 is 1.47 bits per heavy atom. The molecule has 1 aliphatic heterocycles. The summed E-state index contributed by atoms with van der Waals surface area (Å²) >= 11 is 0. The van der Waals surface area contributed by atoms with Crippen LogP contribution >= 0.6 is 0 Å². The van der Waals surface area contributed by atoms with Crippen LogP contribution in [0.3, 0.4) is 0 Å². The van der Waals surface area contributed by atoms with Gasteiger partial charge in [-0.05, 0) is 74.3 Å². The number of ether oxygens (including phenoxy) is 2. The number of benzene rings is 9. The van der Waals surface area contributed by atoms with Crippen LogP contribution in [0, 0.1) is 0 Å². The Morgan fingerprint density at radius 2 is 0.772 bits per heavy atom. The van der Waals surface area contributed by atoms with Crippen LogP contribution in [-0.2, 0) is 0 Å². The molecule has 0 spiro atoms. The fourth-order valence-corrected chi connectivity index (χ4v) is 8.31. The molecule has 12 rings (SSSR count). The van der Waals surface area contributed by atoms with E-state index in [1.165, 1.54) is 26.9 Å². The zero-order valence-corrected chi connectivity index (χ0v) is 30.3. The maximum absolute atomic E-state index is 6.89. The lowest BCUT2D eigenvalue weighted by atomic mass is 9.93. The first-order valence-corrected chi connectivity index (χ1v) is 18.9. The van der Waals surface area contributed by atoms with Crippen LogP contribution in [0.4, 0.5) is 0 Å². The van der Waals surface area contributed by atoms with Gasteiger partial charge in [0.15, 0.2) is 40.5 Å². The lowest BCUT2D eigenvalue weighted by molar-refractivity contribution is 0.360. The Labute approximate surface area is 326 Å². The van der Waals surface area contributed by atoms with Gasteiger partial charge < -0.3 is 13.9 Å². The number of hydrogen-bond donors (Lipinski definition) is 0. The number of nitrogens with zero attached hydrogens (tertiary/aromatic N) is 3. The molecule has 2 aromatic heterocycles. The van der Waals surface area contributed by atoms with Crippen molar-refractivity contribution in [2.75, 3.05) is 0 Å². The first-order valence-electron chi connectivity index (χ1n) is 18.9. The van der Waals surface area contributed by atoms with E-state index < -0.39 is 0 Å². The highest BCUT2D eigenvalue weighted by Gasteiger charge is 2.22. The second kappa shape index (κ2) is 12.3. The van der Waals surface area contributed by atoms with Crippen molar-refractivity contribution < 1.29 is 13.9 Å². The summed E-state index contributed by atoms with van der Waals surface area (Å²) in [6.45, 7) is 0. The van der Waals surface area contributed by atoms with Crippen molar-refractivity contribution in [3.8, 4) is 68.3 Å². The summed E-state index contributed by atoms with van der Waals surface area (Å²) in [5, 5.41) is 9.18. The lowest BCUT2D eigenvalue weighted by Crippen LogP contribution is -2.00. The molecule has 0 bridgehead atoms. The molecule has 6 nitrogen and oxygen atoms in total. The van der Waals surface area contributed by atoms with Crippen LogP contribution in [-0.4, -0.2) is 15.0 Å². The summed E-state index contributed by atoms with van der Waals surface area (Å²) in [4.78, 5) is 15.4. The highest BCUT2D eigenvalue weighted by molar-refractivity contribution is 6.25. The van der Waals surface area contributed by atoms with Crippen molar-refractivity contribution in [2.24, 2.45) is 0 Å². The van der Waals surface area contributed by atoms with Gasteiger partial charge in [0, 0.05) is 27.5 Å². The third-order valence-corrected chi connectivity index (χ3v) is 11.0. The van der Waals surface area contributed by atoms with E-state index in [0.29, 0.717) is 46.1 Å². The van der Waals surface area contributed by atoms with Crippen LogP contribution in [0.1, 0.15) is 0 Å². The van der Waals surface area contributed by atoms with E-state index in [9.17, 15) is 0 Å². The van der Waals surface area contributed by atoms with Crippen molar-refractivity contribution in [3.05, 3.63) is 176 Å². The molecule has 11 aromatic rings. The van der Waals surface area contributed by atoms with Crippen LogP contribution < -0.4 is 9.47 Å². The fourth-order valence-electron chi connectivity index (χ4n) is 8.31. The van der Waals surface area contributed by atoms with E-state index in [-0.39, 0.29) is 0 Å². The molecule has 0 atom stereocenters. The zero-order chi connectivity index (χ0) is 37.5. The smallest absolute Gasteiger partial charge is 0.170 e. The van der Waals surface area contributed by atoms with Gasteiger partial charge in [-0.3, -0.25) is 0 Å². The fraction of sp³-hybridized carbons (Fsp3) is 0. The van der Waals surface area contributed by atoms with Crippen molar-refractivity contribution in [2.45, 2.75) is 0 Å². The topological polar surface area (TPSA) is 70.3 Å². The monoisotopic (exact) mass is 731 g/mol. The molecule has 1 aliphatic rings. The minimum atomic E-state index is 0.534. The first kappa shape index (κ1) is 31.5. The largest absolute Gasteiger partial charge is 0.455 e. The third kappa shape index (κ3) is 5.01. The van der Waals surface area contributed by atoms with Crippen LogP contribution in [0.2, 0.25) is 0 Å². The number of rotatable bonds is 4. The first-order chi connectivity index (χ1) is 28.2. The average molecular weight is 732 g/mol. The third-order valence-electron chi connectivity index (χ3n) is 11.0. The SMILES string of the molecule is c1ccc(-c2nc(-c3ccc4c5ccccc5c5ccccc5c4c3)nc(-c3cccc4c3oc3c(-c5ccc6c(c5)Oc5ccccc5O6)cccc34)n2)cc1. The summed E-state index contributed by atoms with van der Waals surface area (Å²) < 4.78 is 19.3. The Morgan fingerprint density at radius 1 is 0.281 bits per heavy atom. The molecule has 0 amide bonds. The second-order valence-electron chi connectivity index (χ2n) is 14.3. The quantitative estimate of drug-likeness (QED) is 0.168. The molecular weight excluding hydrogens is 703 g/mol. The maximum Gasteiger partial charge on any atom is 0.170 e. The van der Waals surface area contributed by atoms with E-state index in [1.54, 1.807) is 0 Å². The number of hydrogen-bond acceptors (Lipinski definition) is 6. The van der Waals surface area contributed by atoms with Crippen LogP contribution in [0.5, 0.6) is 23.0 Å². The number of para-hydroxylation sites is 4. The summed E-state index contributed by atoms with van der Waals surface area (Å²) in [5.74, 6) is 4.42. The Hall–Kier alpha value is -7.83. The van der Waals surface area contributed by atoms with Crippen LogP contribution in [0.25, 0.3) is 99.5 Å². The minimum Gasteiger partial charge on any atom is -0.455 e. The van der Waals surface area contributed by atoms with Gasteiger partial charge in [0.25, 0.3) is 0 Å². The zero-order valence-electron chi connectivity index (χ0n) is 30.3. The van der Waals surface area contributed by atoms with Gasteiger partial charge in [-0.15, -0.1) is 0 Å². The van der Waals surface area contributed by atoms with Gasteiger partial charge in [0.2, 0.25) is 0 Å². The van der Waals surface area contributed by atoms with E-state index in [1.807, 2.05) is 84.9 Å². The van der Waals surface area contributed by atoms with Gasteiger partial charge in [-0.25, -0.2) is 15.0 Å². The lowest BCUT2D eigenvalue weighted by Gasteiger charge is -2.21. The van der Waals surface area contributed by atoms with Crippen molar-refractivity contribution in [1.29, 1.82) is 0 Å². The summed E-state index contributed by atoms with van der Waals surface area (Å²) in [6, 6.07) is 59.9. The number of aromatic nitrogens is 3. The molecule has 9 aromatic carbocycles. The molecule has 0 N–H and O–H groups in total. The van der Waals surface area contributed by atoms with Crippen LogP contribution in [0.15, 0.2) is 180 Å². The summed E-state index contributed by atoms with van der Waals surface area (Å²) in [5.41, 5.74) is 5.96. The molecule has 0 aliphatic carbocycles. The summed E-state index contributed by atoms with van der Waals surface area (Å²) in [6.07, 6.45) is 0. The second-order valence-corrected chi connectivity index (χ2v) is 14.3. The average Bonchev–Trinajstić information content (AvgIpc) is 3.67. The number of furan rings is 1. The van der Waals surface area contributed by atoms with E-state index >= 15 is 0 Å². The molecule has 0 fully saturated rings. The van der Waals surface area contributed by atoms with Gasteiger partial charge >= 0.3 is 0 Å². The van der Waals surface area contributed by atoms with E-state index in [0.717, 1.165) is 49.6 Å². The highest BCUT2D eigenvalue weighted by Crippen LogP contribution is 2.48. The normalized spacial score (nSPS) is 12.1. The van der Waals surface area contributed by atoms with E-state index in [2.05, 4.69) is 91.0 Å². The predicted molar refractivity (Wildman–Crippen MR) is 228 cm³/mol. The molecular formula is C51H29N3O3. The Balaban J connectivity index is 1.04. The Kier molecular flexibility index (Phi) is 6.83. The molecule has 0 radical (unpaired) electrons. The summed E-state index contributed by atoms with van der Waals surface area (Å²) in [7, 11) is 0. The van der Waals surface area contributed by atoms with Gasteiger partial charge in [-0.2, -0.15) is 0 Å². The molecule has 266 valence electrons. The molecule has 57 heavy (non-hydrogen) atoms. The number of fused-ring (bicyclic) bond motifs is 11. The highest BCUT2D eigenvalue weighted by atomic mass is 16.6. The Bertz CT molecular complexity index is 3390. The van der Waals surface area contributed by atoms with Crippen molar-refractivity contribution in [1.82, 2.24) is 15.0 Å². The molecule has 0 saturated carbocycles. The van der Waals surface area contributed by atoms with Crippen molar-refractivity contribution in [3.63, 3.8) is 0 Å². The molecule has 6 heteroatoms. The molecule has 3 heterocycles. The van der Waals surface area contributed by atoms with Crippen molar-refractivity contribution >= 4 is 54.3 Å². The van der Waals surface area contributed by atoms with E-state index in [4.69, 9.17) is 28.8 Å². The predicted octanol–water partition coefficient (Wildman–Crippen LogP) is 13.8. The van der Waals surface area contributed by atoms with Gasteiger partial charge in [0.1, 0.15) is 11.2 Å². The van der Waals surface area contributed by atoms with Gasteiger partial charge in [0.05, 0.1) is 5.56 Å².